The Hall–Kier alpha value is -3.08. The van der Waals surface area contributed by atoms with E-state index in [4.69, 9.17) is 0 Å². The lowest BCUT2D eigenvalue weighted by atomic mass is 9.94. The second-order valence-electron chi connectivity index (χ2n) is 6.57. The molecule has 2 N–H and O–H groups in total. The number of fused-ring (bicyclic) bond motifs is 1. The molecule has 0 spiro atoms. The van der Waals surface area contributed by atoms with Crippen molar-refractivity contribution >= 4 is 22.6 Å². The fraction of sp³-hybridized carbons (Fsp3) is 0.200. The van der Waals surface area contributed by atoms with Crippen LogP contribution in [0.3, 0.4) is 0 Å². The highest BCUT2D eigenvalue weighted by atomic mass is 16.3. The molecule has 0 fully saturated rings. The number of imidazole rings is 1. The highest BCUT2D eigenvalue weighted by Gasteiger charge is 2.39. The fourth-order valence-corrected chi connectivity index (χ4v) is 3.49. The van der Waals surface area contributed by atoms with Crippen molar-refractivity contribution in [2.75, 3.05) is 4.90 Å². The van der Waals surface area contributed by atoms with Crippen molar-refractivity contribution in [3.05, 3.63) is 70.7 Å². The van der Waals surface area contributed by atoms with Crippen molar-refractivity contribution in [3.63, 3.8) is 0 Å². The molecule has 0 bridgehead atoms. The summed E-state index contributed by atoms with van der Waals surface area (Å²) in [6.07, 6.45) is 1.63. The van der Waals surface area contributed by atoms with E-state index in [2.05, 4.69) is 22.1 Å². The second-order valence-corrected chi connectivity index (χ2v) is 6.57. The average Bonchev–Trinajstić information content (AvgIpc) is 3.15. The molecule has 3 aromatic rings. The Morgan fingerprint density at radius 2 is 1.92 bits per heavy atom. The summed E-state index contributed by atoms with van der Waals surface area (Å²) in [7, 11) is 0. The third-order valence-corrected chi connectivity index (χ3v) is 4.88. The van der Waals surface area contributed by atoms with Gasteiger partial charge in [0.25, 0.3) is 5.91 Å². The lowest BCUT2D eigenvalue weighted by molar-refractivity contribution is -0.117. The van der Waals surface area contributed by atoms with Crippen LogP contribution in [-0.2, 0) is 4.79 Å². The van der Waals surface area contributed by atoms with Gasteiger partial charge >= 0.3 is 0 Å². The largest absolute Gasteiger partial charge is 0.503 e. The minimum absolute atomic E-state index is 0.173. The van der Waals surface area contributed by atoms with Crippen molar-refractivity contribution < 1.29 is 9.90 Å². The number of aromatic nitrogens is 2. The quantitative estimate of drug-likeness (QED) is 0.742. The molecule has 1 aliphatic rings. The van der Waals surface area contributed by atoms with Gasteiger partial charge in [-0.3, -0.25) is 9.69 Å². The van der Waals surface area contributed by atoms with Crippen LogP contribution in [0.1, 0.15) is 29.7 Å². The van der Waals surface area contributed by atoms with Crippen LogP contribution < -0.4 is 4.90 Å². The summed E-state index contributed by atoms with van der Waals surface area (Å²) in [5, 5.41) is 10.3. The molecule has 0 saturated heterocycles. The molecule has 0 radical (unpaired) electrons. The van der Waals surface area contributed by atoms with Crippen LogP contribution in [0.5, 0.6) is 0 Å². The number of nitrogens with zero attached hydrogens (tertiary/aromatic N) is 2. The predicted octanol–water partition coefficient (Wildman–Crippen LogP) is 4.10. The Balaban J connectivity index is 1.89. The summed E-state index contributed by atoms with van der Waals surface area (Å²) >= 11 is 0. The number of hydrogen-bond acceptors (Lipinski definition) is 3. The molecule has 126 valence electrons. The molecule has 4 rings (SSSR count). The molecule has 5 heteroatoms. The van der Waals surface area contributed by atoms with Crippen LogP contribution >= 0.6 is 0 Å². The Morgan fingerprint density at radius 1 is 1.12 bits per heavy atom. The molecule has 1 unspecified atom stereocenters. The average molecular weight is 333 g/mol. The van der Waals surface area contributed by atoms with Crippen molar-refractivity contribution in [2.45, 2.75) is 26.8 Å². The van der Waals surface area contributed by atoms with Crippen LogP contribution in [0.15, 0.2) is 54.1 Å². The summed E-state index contributed by atoms with van der Waals surface area (Å²) in [5.41, 5.74) is 6.32. The number of carbonyl (C=O) groups excluding carboxylic acids is 1. The van der Waals surface area contributed by atoms with Gasteiger partial charge in [0.1, 0.15) is 0 Å². The number of aromatic amines is 1. The van der Waals surface area contributed by atoms with Gasteiger partial charge in [0.05, 0.1) is 23.4 Å². The Bertz CT molecular complexity index is 1030. The number of H-pyrrole nitrogens is 1. The number of aliphatic hydroxyl groups is 1. The first-order chi connectivity index (χ1) is 12.0. The summed E-state index contributed by atoms with van der Waals surface area (Å²) in [6, 6.07) is 11.5. The highest BCUT2D eigenvalue weighted by Crippen LogP contribution is 2.41. The summed E-state index contributed by atoms with van der Waals surface area (Å²) in [4.78, 5) is 21.7. The Morgan fingerprint density at radius 3 is 2.72 bits per heavy atom. The Kier molecular flexibility index (Phi) is 3.39. The van der Waals surface area contributed by atoms with Gasteiger partial charge in [-0.1, -0.05) is 23.8 Å². The van der Waals surface area contributed by atoms with Crippen LogP contribution in [0.25, 0.3) is 11.0 Å². The van der Waals surface area contributed by atoms with E-state index in [0.29, 0.717) is 5.57 Å². The first kappa shape index (κ1) is 15.4. The summed E-state index contributed by atoms with van der Waals surface area (Å²) in [5.74, 6) is -0.550. The minimum Gasteiger partial charge on any atom is -0.503 e. The lowest BCUT2D eigenvalue weighted by Crippen LogP contribution is -2.30. The maximum absolute atomic E-state index is 12.8. The van der Waals surface area contributed by atoms with Crippen LogP contribution in [0.4, 0.5) is 5.69 Å². The van der Waals surface area contributed by atoms with E-state index >= 15 is 0 Å². The maximum atomic E-state index is 12.8. The molecule has 2 aromatic carbocycles. The first-order valence-electron chi connectivity index (χ1n) is 8.21. The van der Waals surface area contributed by atoms with Gasteiger partial charge in [-0.2, -0.15) is 0 Å². The van der Waals surface area contributed by atoms with Crippen molar-refractivity contribution in [3.8, 4) is 0 Å². The predicted molar refractivity (Wildman–Crippen MR) is 97.6 cm³/mol. The van der Waals surface area contributed by atoms with E-state index in [-0.39, 0.29) is 17.7 Å². The number of rotatable bonds is 2. The molecule has 1 aliphatic heterocycles. The monoisotopic (exact) mass is 333 g/mol. The molecule has 1 amide bonds. The lowest BCUT2D eigenvalue weighted by Gasteiger charge is -2.28. The van der Waals surface area contributed by atoms with E-state index in [1.807, 2.05) is 45.0 Å². The number of anilines is 1. The number of nitrogens with one attached hydrogen (secondary N) is 1. The van der Waals surface area contributed by atoms with E-state index in [1.54, 1.807) is 11.2 Å². The van der Waals surface area contributed by atoms with Crippen molar-refractivity contribution in [1.82, 2.24) is 9.97 Å². The topological polar surface area (TPSA) is 69.2 Å². The number of aryl methyl sites for hydroxylation is 2. The molecule has 25 heavy (non-hydrogen) atoms. The zero-order chi connectivity index (χ0) is 17.7. The van der Waals surface area contributed by atoms with Gasteiger partial charge in [0.15, 0.2) is 5.76 Å². The van der Waals surface area contributed by atoms with E-state index in [9.17, 15) is 9.90 Å². The van der Waals surface area contributed by atoms with Crippen LogP contribution in [-0.4, -0.2) is 21.0 Å². The second kappa shape index (κ2) is 5.48. The molecular formula is C20H19N3O2. The van der Waals surface area contributed by atoms with E-state index in [1.165, 1.54) is 0 Å². The molecule has 1 atom stereocenters. The zero-order valence-electron chi connectivity index (χ0n) is 14.4. The minimum atomic E-state index is -0.377. The zero-order valence-corrected chi connectivity index (χ0v) is 14.4. The van der Waals surface area contributed by atoms with E-state index in [0.717, 1.165) is 33.4 Å². The third kappa shape index (κ3) is 2.31. The highest BCUT2D eigenvalue weighted by molar-refractivity contribution is 6.09. The number of hydrogen-bond donors (Lipinski definition) is 2. The van der Waals surface area contributed by atoms with Crippen molar-refractivity contribution in [1.29, 1.82) is 0 Å². The molecule has 0 aliphatic carbocycles. The summed E-state index contributed by atoms with van der Waals surface area (Å²) in [6.45, 7) is 5.86. The van der Waals surface area contributed by atoms with Gasteiger partial charge in [-0.05, 0) is 50.1 Å². The van der Waals surface area contributed by atoms with Gasteiger partial charge in [0.2, 0.25) is 0 Å². The van der Waals surface area contributed by atoms with E-state index < -0.39 is 0 Å². The van der Waals surface area contributed by atoms with Crippen LogP contribution in [0.2, 0.25) is 0 Å². The third-order valence-electron chi connectivity index (χ3n) is 4.88. The molecule has 1 aromatic heterocycles. The molecule has 0 saturated carbocycles. The van der Waals surface area contributed by atoms with Gasteiger partial charge in [-0.15, -0.1) is 0 Å². The summed E-state index contributed by atoms with van der Waals surface area (Å²) < 4.78 is 0. The first-order valence-corrected chi connectivity index (χ1v) is 8.21. The molecule has 2 heterocycles. The van der Waals surface area contributed by atoms with Crippen molar-refractivity contribution in [2.24, 2.45) is 0 Å². The Labute approximate surface area is 145 Å². The fourth-order valence-electron chi connectivity index (χ4n) is 3.49. The standard InChI is InChI=1S/C20H19N3O2/c1-11-4-5-12(2)15(8-11)18-13(3)19(24)20(25)23(18)14-6-7-16-17(9-14)22-10-21-16/h4-10,18,24H,1-3H3,(H,21,22). The van der Waals surface area contributed by atoms with Gasteiger partial charge in [-0.25, -0.2) is 4.98 Å². The van der Waals surface area contributed by atoms with Gasteiger partial charge < -0.3 is 10.1 Å². The normalized spacial score (nSPS) is 17.8. The number of benzene rings is 2. The SMILES string of the molecule is CC1=C(O)C(=O)N(c2ccc3[nH]cnc3c2)C1c1cc(C)ccc1C. The number of carbonyl (C=O) groups is 1. The van der Waals surface area contributed by atoms with Gasteiger partial charge in [0, 0.05) is 11.3 Å². The number of amides is 1. The maximum Gasteiger partial charge on any atom is 0.293 e. The molecule has 5 nitrogen and oxygen atoms in total. The smallest absolute Gasteiger partial charge is 0.293 e. The molecular weight excluding hydrogens is 314 g/mol. The van der Waals surface area contributed by atoms with Crippen LogP contribution in [0, 0.1) is 13.8 Å². The number of aliphatic hydroxyl groups excluding tert-OH is 1.